The standard InChI is InChI=1S/C20H20N2/c1-13-7-5-8-14(2)19(13)17-11-12-18(22-21-17)20-15(3)9-6-10-16(20)4/h5-12H,1-4H3. The Morgan fingerprint density at radius 1 is 0.500 bits per heavy atom. The van der Waals surface area contributed by atoms with Gasteiger partial charge >= 0.3 is 0 Å². The minimum Gasteiger partial charge on any atom is -0.150 e. The van der Waals surface area contributed by atoms with Gasteiger partial charge in [0.15, 0.2) is 0 Å². The minimum atomic E-state index is 0.936. The first-order valence-electron chi connectivity index (χ1n) is 7.55. The van der Waals surface area contributed by atoms with Gasteiger partial charge in [-0.1, -0.05) is 36.4 Å². The maximum atomic E-state index is 4.48. The summed E-state index contributed by atoms with van der Waals surface area (Å²) in [5, 5.41) is 8.96. The lowest BCUT2D eigenvalue weighted by Crippen LogP contribution is -1.96. The molecule has 0 aliphatic carbocycles. The third-order valence-electron chi connectivity index (χ3n) is 4.14. The Morgan fingerprint density at radius 3 is 1.09 bits per heavy atom. The normalized spacial score (nSPS) is 10.7. The lowest BCUT2D eigenvalue weighted by Gasteiger charge is -2.11. The fraction of sp³-hybridized carbons (Fsp3) is 0.200. The summed E-state index contributed by atoms with van der Waals surface area (Å²) in [6.07, 6.45) is 0. The van der Waals surface area contributed by atoms with Crippen molar-refractivity contribution in [2.45, 2.75) is 27.7 Å². The van der Waals surface area contributed by atoms with Crippen LogP contribution in [0.2, 0.25) is 0 Å². The third kappa shape index (κ3) is 2.52. The van der Waals surface area contributed by atoms with E-state index in [1.54, 1.807) is 0 Å². The van der Waals surface area contributed by atoms with Crippen LogP contribution < -0.4 is 0 Å². The molecule has 0 spiro atoms. The van der Waals surface area contributed by atoms with E-state index >= 15 is 0 Å². The van der Waals surface area contributed by atoms with E-state index in [0.29, 0.717) is 0 Å². The lowest BCUT2D eigenvalue weighted by molar-refractivity contribution is 1.04. The summed E-state index contributed by atoms with van der Waals surface area (Å²) in [4.78, 5) is 0. The minimum absolute atomic E-state index is 0.936. The number of benzene rings is 2. The molecule has 0 aliphatic heterocycles. The van der Waals surface area contributed by atoms with E-state index in [1.807, 2.05) is 0 Å². The van der Waals surface area contributed by atoms with Crippen LogP contribution in [0.5, 0.6) is 0 Å². The van der Waals surface area contributed by atoms with Gasteiger partial charge in [-0.3, -0.25) is 0 Å². The molecule has 0 radical (unpaired) electrons. The highest BCUT2D eigenvalue weighted by atomic mass is 15.1. The number of hydrogen-bond donors (Lipinski definition) is 0. The Kier molecular flexibility index (Phi) is 3.76. The molecule has 110 valence electrons. The SMILES string of the molecule is Cc1cccc(C)c1-c1ccc(-c2c(C)cccc2C)nn1. The van der Waals surface area contributed by atoms with Crippen LogP contribution in [0.1, 0.15) is 22.3 Å². The fourth-order valence-electron chi connectivity index (χ4n) is 3.04. The van der Waals surface area contributed by atoms with Gasteiger partial charge in [-0.05, 0) is 62.1 Å². The van der Waals surface area contributed by atoms with Crippen LogP contribution >= 0.6 is 0 Å². The predicted molar refractivity (Wildman–Crippen MR) is 91.9 cm³/mol. The molecule has 1 aromatic heterocycles. The Balaban J connectivity index is 2.08. The molecule has 1 heterocycles. The van der Waals surface area contributed by atoms with Gasteiger partial charge in [0.1, 0.15) is 0 Å². The molecule has 0 amide bonds. The molecule has 0 fully saturated rings. The predicted octanol–water partition coefficient (Wildman–Crippen LogP) is 5.04. The number of hydrogen-bond acceptors (Lipinski definition) is 2. The second-order valence-corrected chi connectivity index (χ2v) is 5.84. The monoisotopic (exact) mass is 288 g/mol. The number of nitrogens with zero attached hydrogens (tertiary/aromatic N) is 2. The van der Waals surface area contributed by atoms with Crippen molar-refractivity contribution in [3.8, 4) is 22.5 Å². The molecule has 0 unspecified atom stereocenters. The van der Waals surface area contributed by atoms with Gasteiger partial charge in [0.25, 0.3) is 0 Å². The van der Waals surface area contributed by atoms with Crippen LogP contribution in [0.25, 0.3) is 22.5 Å². The molecule has 0 N–H and O–H groups in total. The molecular formula is C20H20N2. The van der Waals surface area contributed by atoms with Crippen molar-refractivity contribution in [2.24, 2.45) is 0 Å². The van der Waals surface area contributed by atoms with Crippen LogP contribution in [0.4, 0.5) is 0 Å². The fourth-order valence-corrected chi connectivity index (χ4v) is 3.04. The van der Waals surface area contributed by atoms with E-state index in [0.717, 1.165) is 11.4 Å². The van der Waals surface area contributed by atoms with Gasteiger partial charge in [0.05, 0.1) is 11.4 Å². The first-order valence-corrected chi connectivity index (χ1v) is 7.55. The molecular weight excluding hydrogens is 268 g/mol. The first-order chi connectivity index (χ1) is 10.6. The average Bonchev–Trinajstić information content (AvgIpc) is 2.48. The molecule has 0 atom stereocenters. The van der Waals surface area contributed by atoms with Crippen molar-refractivity contribution in [3.63, 3.8) is 0 Å². The molecule has 2 aromatic carbocycles. The van der Waals surface area contributed by atoms with Gasteiger partial charge < -0.3 is 0 Å². The second kappa shape index (κ2) is 5.72. The average molecular weight is 288 g/mol. The van der Waals surface area contributed by atoms with E-state index in [4.69, 9.17) is 0 Å². The number of aryl methyl sites for hydroxylation is 4. The van der Waals surface area contributed by atoms with Crippen molar-refractivity contribution in [1.29, 1.82) is 0 Å². The molecule has 2 heteroatoms. The Bertz CT molecular complexity index is 707. The van der Waals surface area contributed by atoms with Gasteiger partial charge in [0.2, 0.25) is 0 Å². The highest BCUT2D eigenvalue weighted by Gasteiger charge is 2.10. The maximum Gasteiger partial charge on any atom is 0.0935 e. The van der Waals surface area contributed by atoms with Crippen LogP contribution in [0.15, 0.2) is 48.5 Å². The van der Waals surface area contributed by atoms with E-state index in [1.165, 1.54) is 33.4 Å². The van der Waals surface area contributed by atoms with Gasteiger partial charge in [-0.15, -0.1) is 10.2 Å². The van der Waals surface area contributed by atoms with E-state index in [2.05, 4.69) is 86.4 Å². The summed E-state index contributed by atoms with van der Waals surface area (Å²) in [5.41, 5.74) is 9.16. The van der Waals surface area contributed by atoms with E-state index < -0.39 is 0 Å². The summed E-state index contributed by atoms with van der Waals surface area (Å²) in [6, 6.07) is 16.8. The third-order valence-corrected chi connectivity index (χ3v) is 4.14. The zero-order valence-corrected chi connectivity index (χ0v) is 13.5. The second-order valence-electron chi connectivity index (χ2n) is 5.84. The topological polar surface area (TPSA) is 25.8 Å². The Morgan fingerprint density at radius 2 is 0.818 bits per heavy atom. The Hall–Kier alpha value is -2.48. The lowest BCUT2D eigenvalue weighted by atomic mass is 9.98. The molecule has 0 bridgehead atoms. The summed E-state index contributed by atoms with van der Waals surface area (Å²) in [7, 11) is 0. The smallest absolute Gasteiger partial charge is 0.0935 e. The number of aromatic nitrogens is 2. The molecule has 3 aromatic rings. The molecule has 0 saturated carbocycles. The van der Waals surface area contributed by atoms with E-state index in [-0.39, 0.29) is 0 Å². The first kappa shape index (κ1) is 14.5. The maximum absolute atomic E-state index is 4.48. The molecule has 22 heavy (non-hydrogen) atoms. The van der Waals surface area contributed by atoms with Gasteiger partial charge in [-0.25, -0.2) is 0 Å². The molecule has 0 saturated heterocycles. The Labute approximate surface area is 131 Å². The summed E-state index contributed by atoms with van der Waals surface area (Å²) in [5.74, 6) is 0. The summed E-state index contributed by atoms with van der Waals surface area (Å²) >= 11 is 0. The van der Waals surface area contributed by atoms with Crippen molar-refractivity contribution in [2.75, 3.05) is 0 Å². The molecule has 0 aliphatic rings. The zero-order valence-electron chi connectivity index (χ0n) is 13.5. The zero-order chi connectivity index (χ0) is 15.7. The molecule has 2 nitrogen and oxygen atoms in total. The molecule has 3 rings (SSSR count). The van der Waals surface area contributed by atoms with Gasteiger partial charge in [-0.2, -0.15) is 0 Å². The van der Waals surface area contributed by atoms with Crippen molar-refractivity contribution >= 4 is 0 Å². The van der Waals surface area contributed by atoms with Crippen LogP contribution in [0.3, 0.4) is 0 Å². The van der Waals surface area contributed by atoms with Crippen LogP contribution in [0, 0.1) is 27.7 Å². The van der Waals surface area contributed by atoms with Crippen LogP contribution in [-0.4, -0.2) is 10.2 Å². The van der Waals surface area contributed by atoms with Crippen molar-refractivity contribution in [3.05, 3.63) is 70.8 Å². The van der Waals surface area contributed by atoms with Crippen molar-refractivity contribution < 1.29 is 0 Å². The van der Waals surface area contributed by atoms with Crippen LogP contribution in [-0.2, 0) is 0 Å². The summed E-state index contributed by atoms with van der Waals surface area (Å²) < 4.78 is 0. The largest absolute Gasteiger partial charge is 0.150 e. The van der Waals surface area contributed by atoms with Crippen molar-refractivity contribution in [1.82, 2.24) is 10.2 Å². The van der Waals surface area contributed by atoms with E-state index in [9.17, 15) is 0 Å². The highest BCUT2D eigenvalue weighted by molar-refractivity contribution is 5.71. The van der Waals surface area contributed by atoms with Gasteiger partial charge in [0, 0.05) is 11.1 Å². The highest BCUT2D eigenvalue weighted by Crippen LogP contribution is 2.28. The quantitative estimate of drug-likeness (QED) is 0.660. The summed E-state index contributed by atoms with van der Waals surface area (Å²) in [6.45, 7) is 8.46. The number of rotatable bonds is 2.